The Morgan fingerprint density at radius 3 is 2.71 bits per heavy atom. The first-order valence-electron chi connectivity index (χ1n) is 11.2. The number of nitrogens with zero attached hydrogens (tertiary/aromatic N) is 3. The number of benzene rings is 1. The summed E-state index contributed by atoms with van der Waals surface area (Å²) in [6.45, 7) is 2.86. The summed E-state index contributed by atoms with van der Waals surface area (Å²) in [4.78, 5) is 8.99. The van der Waals surface area contributed by atoms with Gasteiger partial charge in [-0.1, -0.05) is 29.8 Å². The average Bonchev–Trinajstić information content (AvgIpc) is 2.76. The van der Waals surface area contributed by atoms with Crippen molar-refractivity contribution in [1.82, 2.24) is 9.97 Å². The van der Waals surface area contributed by atoms with Crippen molar-refractivity contribution in [3.63, 3.8) is 0 Å². The number of rotatable bonds is 6. The van der Waals surface area contributed by atoms with Gasteiger partial charge in [-0.2, -0.15) is 10.2 Å². The van der Waals surface area contributed by atoms with Gasteiger partial charge in [0.15, 0.2) is 0 Å². The molecule has 162 valence electrons. The fraction of sp³-hybridized carbons (Fsp3) is 0.542. The molecule has 2 aromatic rings. The lowest BCUT2D eigenvalue weighted by Gasteiger charge is -2.59. The van der Waals surface area contributed by atoms with Gasteiger partial charge in [0.25, 0.3) is 0 Å². The molecule has 6 atom stereocenters. The van der Waals surface area contributed by atoms with E-state index >= 15 is 0 Å². The van der Waals surface area contributed by atoms with Gasteiger partial charge in [-0.25, -0.2) is 4.98 Å². The monoisotopic (exact) mass is 436 g/mol. The van der Waals surface area contributed by atoms with Crippen LogP contribution in [0.2, 0.25) is 5.02 Å². The number of nitrogens with two attached hydrogens (primary N) is 1. The number of aromatic nitrogens is 2. The Morgan fingerprint density at radius 1 is 1.26 bits per heavy atom. The van der Waals surface area contributed by atoms with Crippen LogP contribution in [0.15, 0.2) is 30.5 Å². The van der Waals surface area contributed by atoms with E-state index in [9.17, 15) is 5.26 Å². The van der Waals surface area contributed by atoms with Gasteiger partial charge in [-0.3, -0.25) is 0 Å². The van der Waals surface area contributed by atoms with Crippen LogP contribution in [0.25, 0.3) is 0 Å². The zero-order chi connectivity index (χ0) is 21.6. The number of hydrogen-bond acceptors (Lipinski definition) is 6. The Hall–Kier alpha value is -2.36. The summed E-state index contributed by atoms with van der Waals surface area (Å²) in [5, 5.41) is 17.1. The highest BCUT2D eigenvalue weighted by atomic mass is 35.5. The first-order valence-corrected chi connectivity index (χ1v) is 11.6. The van der Waals surface area contributed by atoms with Gasteiger partial charge >= 0.3 is 0 Å². The normalized spacial score (nSPS) is 31.8. The molecule has 0 spiro atoms. The van der Waals surface area contributed by atoms with Crippen LogP contribution in [0.1, 0.15) is 56.2 Å². The fourth-order valence-electron chi connectivity index (χ4n) is 6.49. The SMILES string of the molecule is CC(Nc1ncc(C#N)c(NC[C@]23CC4C[C@H](C2)[C@@H](N)[C@@H](C4)C3)n1)c1ccccc1Cl. The van der Waals surface area contributed by atoms with E-state index in [4.69, 9.17) is 17.3 Å². The molecular weight excluding hydrogens is 408 g/mol. The lowest BCUT2D eigenvalue weighted by Crippen LogP contribution is -2.58. The molecule has 0 aliphatic heterocycles. The zero-order valence-corrected chi connectivity index (χ0v) is 18.6. The summed E-state index contributed by atoms with van der Waals surface area (Å²) < 4.78 is 0. The van der Waals surface area contributed by atoms with Gasteiger partial charge in [0, 0.05) is 17.6 Å². The molecule has 0 saturated heterocycles. The van der Waals surface area contributed by atoms with Gasteiger partial charge in [-0.05, 0) is 73.8 Å². The van der Waals surface area contributed by atoms with Crippen LogP contribution in [0.4, 0.5) is 11.8 Å². The number of halogens is 1. The van der Waals surface area contributed by atoms with E-state index < -0.39 is 0 Å². The zero-order valence-electron chi connectivity index (χ0n) is 17.8. The van der Waals surface area contributed by atoms with E-state index in [0.717, 1.165) is 18.0 Å². The molecule has 1 heterocycles. The minimum atomic E-state index is -0.0564. The molecule has 1 aromatic carbocycles. The molecule has 31 heavy (non-hydrogen) atoms. The summed E-state index contributed by atoms with van der Waals surface area (Å²) in [6.07, 6.45) is 7.83. The second-order valence-corrected chi connectivity index (χ2v) is 10.3. The molecule has 6 rings (SSSR count). The standard InChI is InChI=1S/C24H29ClN6/c1-14(19-4-2-3-5-20(19)25)30-23-28-12-18(11-26)22(31-23)29-13-24-8-15-6-16(9-24)21(27)17(7-15)10-24/h2-5,12,14-17,21H,6-10,13,27H2,1H3,(H2,28,29,30,31)/t14?,15?,16-,17+,21-,24-. The van der Waals surface area contributed by atoms with Gasteiger partial charge in [-0.15, -0.1) is 0 Å². The summed E-state index contributed by atoms with van der Waals surface area (Å²) in [6, 6.07) is 10.3. The highest BCUT2D eigenvalue weighted by molar-refractivity contribution is 6.31. The van der Waals surface area contributed by atoms with Crippen LogP contribution in [-0.4, -0.2) is 22.6 Å². The molecule has 7 heteroatoms. The lowest BCUT2D eigenvalue weighted by molar-refractivity contribution is -0.0591. The van der Waals surface area contributed by atoms with Crippen LogP contribution in [-0.2, 0) is 0 Å². The van der Waals surface area contributed by atoms with Gasteiger partial charge in [0.2, 0.25) is 5.95 Å². The molecule has 4 saturated carbocycles. The molecule has 4 N–H and O–H groups in total. The van der Waals surface area contributed by atoms with Crippen molar-refractivity contribution in [3.05, 3.63) is 46.6 Å². The van der Waals surface area contributed by atoms with E-state index in [1.54, 1.807) is 6.20 Å². The largest absolute Gasteiger partial charge is 0.368 e. The Balaban J connectivity index is 1.32. The van der Waals surface area contributed by atoms with Gasteiger partial charge in [0.1, 0.15) is 17.5 Å². The molecule has 0 amide bonds. The summed E-state index contributed by atoms with van der Waals surface area (Å²) >= 11 is 6.33. The second kappa shape index (κ2) is 7.96. The van der Waals surface area contributed by atoms with Crippen LogP contribution >= 0.6 is 11.6 Å². The molecule has 4 aliphatic rings. The molecule has 0 radical (unpaired) electrons. The van der Waals surface area contributed by atoms with Crippen molar-refractivity contribution in [2.45, 2.75) is 51.1 Å². The number of nitriles is 1. The maximum atomic E-state index is 9.58. The Morgan fingerprint density at radius 2 is 2.00 bits per heavy atom. The third-order valence-electron chi connectivity index (χ3n) is 7.73. The Bertz CT molecular complexity index is 1000. The second-order valence-electron chi connectivity index (χ2n) is 9.86. The van der Waals surface area contributed by atoms with Crippen LogP contribution in [0, 0.1) is 34.5 Å². The molecule has 2 unspecified atom stereocenters. The van der Waals surface area contributed by atoms with Crippen molar-refractivity contribution >= 4 is 23.4 Å². The molecule has 4 bridgehead atoms. The van der Waals surface area contributed by atoms with E-state index in [1.807, 2.05) is 31.2 Å². The maximum Gasteiger partial charge on any atom is 0.225 e. The third kappa shape index (κ3) is 3.86. The number of anilines is 2. The predicted octanol–water partition coefficient (Wildman–Crippen LogP) is 4.74. The minimum Gasteiger partial charge on any atom is -0.368 e. The minimum absolute atomic E-state index is 0.0564. The Kier molecular flexibility index (Phi) is 5.27. The van der Waals surface area contributed by atoms with Crippen molar-refractivity contribution in [2.75, 3.05) is 17.2 Å². The maximum absolute atomic E-state index is 9.58. The topological polar surface area (TPSA) is 99.7 Å². The summed E-state index contributed by atoms with van der Waals surface area (Å²) in [5.41, 5.74) is 8.23. The molecule has 4 aliphatic carbocycles. The lowest BCUT2D eigenvalue weighted by atomic mass is 9.48. The molecule has 4 fully saturated rings. The predicted molar refractivity (Wildman–Crippen MR) is 123 cm³/mol. The van der Waals surface area contributed by atoms with Crippen LogP contribution in [0.3, 0.4) is 0 Å². The first kappa shape index (κ1) is 20.5. The van der Waals surface area contributed by atoms with Crippen LogP contribution < -0.4 is 16.4 Å². The van der Waals surface area contributed by atoms with Gasteiger partial charge < -0.3 is 16.4 Å². The first-order chi connectivity index (χ1) is 15.0. The smallest absolute Gasteiger partial charge is 0.225 e. The summed E-state index contributed by atoms with van der Waals surface area (Å²) in [5.74, 6) is 3.21. The van der Waals surface area contributed by atoms with Crippen molar-refractivity contribution in [2.24, 2.45) is 28.9 Å². The van der Waals surface area contributed by atoms with E-state index in [-0.39, 0.29) is 11.5 Å². The number of hydrogen-bond donors (Lipinski definition) is 3. The van der Waals surface area contributed by atoms with E-state index in [2.05, 4.69) is 26.7 Å². The highest BCUT2D eigenvalue weighted by Gasteiger charge is 2.54. The molecule has 1 aromatic heterocycles. The van der Waals surface area contributed by atoms with E-state index in [0.29, 0.717) is 40.2 Å². The van der Waals surface area contributed by atoms with Crippen molar-refractivity contribution in [1.29, 1.82) is 5.26 Å². The third-order valence-corrected chi connectivity index (χ3v) is 8.07. The fourth-order valence-corrected chi connectivity index (χ4v) is 6.78. The van der Waals surface area contributed by atoms with Crippen molar-refractivity contribution in [3.8, 4) is 6.07 Å². The molecular formula is C24H29ClN6. The number of nitrogens with one attached hydrogen (secondary N) is 2. The van der Waals surface area contributed by atoms with Crippen molar-refractivity contribution < 1.29 is 0 Å². The highest BCUT2D eigenvalue weighted by Crippen LogP contribution is 2.59. The quantitative estimate of drug-likeness (QED) is 0.604. The summed E-state index contributed by atoms with van der Waals surface area (Å²) in [7, 11) is 0. The van der Waals surface area contributed by atoms with E-state index in [1.165, 1.54) is 32.1 Å². The average molecular weight is 437 g/mol. The van der Waals surface area contributed by atoms with Gasteiger partial charge in [0.05, 0.1) is 12.2 Å². The Labute approximate surface area is 188 Å². The molecule has 6 nitrogen and oxygen atoms in total. The van der Waals surface area contributed by atoms with Crippen LogP contribution in [0.5, 0.6) is 0 Å².